The number of esters is 2. The third-order valence-corrected chi connectivity index (χ3v) is 9.85. The van der Waals surface area contributed by atoms with Gasteiger partial charge in [-0.2, -0.15) is 40.9 Å². The highest BCUT2D eigenvalue weighted by molar-refractivity contribution is 5.70. The van der Waals surface area contributed by atoms with Crippen molar-refractivity contribution in [1.82, 2.24) is 0 Å². The highest BCUT2D eigenvalue weighted by Crippen LogP contribution is 2.42. The summed E-state index contributed by atoms with van der Waals surface area (Å²) in [6.45, 7) is 8.20. The van der Waals surface area contributed by atoms with Crippen molar-refractivity contribution in [2.24, 2.45) is 40.9 Å². The van der Waals surface area contributed by atoms with Gasteiger partial charge < -0.3 is 9.47 Å². The van der Waals surface area contributed by atoms with Crippen LogP contribution >= 0.6 is 0 Å². The molecule has 12 nitrogen and oxygen atoms in total. The van der Waals surface area contributed by atoms with Gasteiger partial charge in [0.15, 0.2) is 22.7 Å². The van der Waals surface area contributed by atoms with Gasteiger partial charge in [0.25, 0.3) is 0 Å². The van der Waals surface area contributed by atoms with Gasteiger partial charge in [0.05, 0.1) is 0 Å². The SMILES string of the molecule is [CH2]C(COC(=O)CCCCC1(CCCCCC2(CCCC)N=N2)N=N1)OC(=O)CCCCC1(CCCCCC2(CCCC)N=N2)N=N1. The van der Waals surface area contributed by atoms with Crippen LogP contribution < -0.4 is 0 Å². The van der Waals surface area contributed by atoms with Crippen molar-refractivity contribution in [3.8, 4) is 0 Å². The van der Waals surface area contributed by atoms with Crippen LogP contribution in [0, 0.1) is 6.92 Å². The molecule has 4 aliphatic rings. The number of carbonyl (C=O) groups excluding carboxylic acids is 2. The van der Waals surface area contributed by atoms with Gasteiger partial charge in [-0.1, -0.05) is 39.5 Å². The Kier molecular flexibility index (Phi) is 14.4. The lowest BCUT2D eigenvalue weighted by Crippen LogP contribution is -2.22. The predicted octanol–water partition coefficient (Wildman–Crippen LogP) is 10.3. The van der Waals surface area contributed by atoms with Crippen LogP contribution in [0.4, 0.5) is 0 Å². The Morgan fingerprint density at radius 2 is 0.809 bits per heavy atom. The van der Waals surface area contributed by atoms with E-state index in [1.165, 1.54) is 25.7 Å². The summed E-state index contributed by atoms with van der Waals surface area (Å²) >= 11 is 0. The first-order valence-corrected chi connectivity index (χ1v) is 18.7. The van der Waals surface area contributed by atoms with E-state index in [9.17, 15) is 9.59 Å². The second-order valence-corrected chi connectivity index (χ2v) is 14.3. The van der Waals surface area contributed by atoms with Crippen LogP contribution in [0.1, 0.15) is 168 Å². The molecule has 0 aromatic rings. The maximum atomic E-state index is 12.2. The molecule has 0 aromatic heterocycles. The average Bonchev–Trinajstić information content (AvgIpc) is 3.86. The number of unbranched alkanes of at least 4 members (excludes halogenated alkanes) is 8. The van der Waals surface area contributed by atoms with Gasteiger partial charge >= 0.3 is 11.9 Å². The molecule has 1 atom stereocenters. The summed E-state index contributed by atoms with van der Waals surface area (Å²) in [6, 6.07) is 0. The van der Waals surface area contributed by atoms with E-state index in [2.05, 4.69) is 61.7 Å². The monoisotopic (exact) mass is 655 g/mol. The number of ether oxygens (including phenoxy) is 2. The van der Waals surface area contributed by atoms with Crippen LogP contribution in [0.2, 0.25) is 0 Å². The van der Waals surface area contributed by atoms with Gasteiger partial charge in [0.2, 0.25) is 0 Å². The second kappa shape index (κ2) is 18.2. The molecule has 263 valence electrons. The molecular weight excluding hydrogens is 596 g/mol. The zero-order chi connectivity index (χ0) is 33.5. The Hall–Kier alpha value is -2.66. The Balaban J connectivity index is 0.922. The number of hydrogen-bond acceptors (Lipinski definition) is 12. The van der Waals surface area contributed by atoms with Crippen LogP contribution in [-0.4, -0.2) is 47.3 Å². The quantitative estimate of drug-likeness (QED) is 0.0539. The van der Waals surface area contributed by atoms with Crippen LogP contribution in [-0.2, 0) is 19.1 Å². The molecule has 1 radical (unpaired) electrons. The summed E-state index contributed by atoms with van der Waals surface area (Å²) in [7, 11) is 0. The smallest absolute Gasteiger partial charge is 0.306 e. The normalized spacial score (nSPS) is 19.8. The number of rotatable bonds is 31. The van der Waals surface area contributed by atoms with Gasteiger partial charge in [-0.25, -0.2) is 0 Å². The van der Waals surface area contributed by atoms with E-state index in [1.54, 1.807) is 0 Å². The van der Waals surface area contributed by atoms with Gasteiger partial charge in [0, 0.05) is 12.8 Å². The molecule has 0 aromatic carbocycles. The third kappa shape index (κ3) is 14.2. The second-order valence-electron chi connectivity index (χ2n) is 14.3. The summed E-state index contributed by atoms with van der Waals surface area (Å²) in [5.74, 6) is -0.611. The van der Waals surface area contributed by atoms with Gasteiger partial charge in [-0.15, -0.1) is 0 Å². The summed E-state index contributed by atoms with van der Waals surface area (Å²) < 4.78 is 10.6. The lowest BCUT2D eigenvalue weighted by Gasteiger charge is -2.14. The minimum absolute atomic E-state index is 0.0255. The summed E-state index contributed by atoms with van der Waals surface area (Å²) in [4.78, 5) is 24.4. The molecule has 0 N–H and O–H groups in total. The van der Waals surface area contributed by atoms with E-state index in [-0.39, 0.29) is 41.2 Å². The third-order valence-electron chi connectivity index (χ3n) is 9.85. The molecule has 47 heavy (non-hydrogen) atoms. The molecule has 0 spiro atoms. The van der Waals surface area contributed by atoms with E-state index >= 15 is 0 Å². The highest BCUT2D eigenvalue weighted by Gasteiger charge is 2.41. The molecule has 0 amide bonds. The predicted molar refractivity (Wildman–Crippen MR) is 179 cm³/mol. The Bertz CT molecular complexity index is 1100. The molecule has 0 saturated heterocycles. The van der Waals surface area contributed by atoms with E-state index in [4.69, 9.17) is 9.47 Å². The zero-order valence-corrected chi connectivity index (χ0v) is 29.2. The first-order chi connectivity index (χ1) is 22.8. The number of hydrogen-bond donors (Lipinski definition) is 0. The van der Waals surface area contributed by atoms with Crippen molar-refractivity contribution in [3.05, 3.63) is 6.92 Å². The standard InChI is InChI=1S/C35H59N8O4/c1-4-6-20-32(36-37-32)22-12-8-14-24-34(40-41-34)26-16-10-18-30(44)46-28-29(3)47-31(45)19-11-17-27-35(42-43-35)25-15-9-13-23-33(38-39-33)21-7-5-2/h29H,3-28H2,1-2H3. The molecule has 4 aliphatic heterocycles. The number of carbonyl (C=O) groups is 2. The highest BCUT2D eigenvalue weighted by atomic mass is 16.6. The fraction of sp³-hybridized carbons (Fsp3) is 0.914. The van der Waals surface area contributed by atoms with Gasteiger partial charge in [-0.3, -0.25) is 9.59 Å². The maximum Gasteiger partial charge on any atom is 0.306 e. The number of nitrogens with zero attached hydrogens (tertiary/aromatic N) is 8. The molecule has 4 heterocycles. The molecule has 0 bridgehead atoms. The van der Waals surface area contributed by atoms with E-state index in [1.807, 2.05) is 0 Å². The van der Waals surface area contributed by atoms with Crippen LogP contribution in [0.5, 0.6) is 0 Å². The van der Waals surface area contributed by atoms with E-state index in [0.29, 0.717) is 19.3 Å². The molecule has 4 rings (SSSR count). The lowest BCUT2D eigenvalue weighted by molar-refractivity contribution is -0.156. The minimum Gasteiger partial charge on any atom is -0.462 e. The van der Waals surface area contributed by atoms with Crippen LogP contribution in [0.3, 0.4) is 0 Å². The van der Waals surface area contributed by atoms with Crippen molar-refractivity contribution >= 4 is 11.9 Å². The van der Waals surface area contributed by atoms with E-state index < -0.39 is 6.10 Å². The first kappa shape index (κ1) is 37.2. The summed E-state index contributed by atoms with van der Waals surface area (Å²) in [6.07, 6.45) is 22.6. The molecule has 0 saturated carbocycles. The van der Waals surface area contributed by atoms with E-state index in [0.717, 1.165) is 109 Å². The Labute approximate surface area is 281 Å². The summed E-state index contributed by atoms with van der Waals surface area (Å²) in [5, 5.41) is 34.4. The van der Waals surface area contributed by atoms with Crippen molar-refractivity contribution in [3.63, 3.8) is 0 Å². The Morgan fingerprint density at radius 3 is 1.15 bits per heavy atom. The molecule has 0 fully saturated rings. The van der Waals surface area contributed by atoms with Crippen molar-refractivity contribution < 1.29 is 19.1 Å². The fourth-order valence-corrected chi connectivity index (χ4v) is 6.38. The fourth-order valence-electron chi connectivity index (χ4n) is 6.38. The topological polar surface area (TPSA) is 151 Å². The largest absolute Gasteiger partial charge is 0.462 e. The van der Waals surface area contributed by atoms with Crippen molar-refractivity contribution in [1.29, 1.82) is 0 Å². The van der Waals surface area contributed by atoms with Gasteiger partial charge in [-0.05, 0) is 122 Å². The Morgan fingerprint density at radius 1 is 0.489 bits per heavy atom. The summed E-state index contributed by atoms with van der Waals surface area (Å²) in [5.41, 5.74) is -0.567. The molecule has 12 heteroatoms. The van der Waals surface area contributed by atoms with Crippen molar-refractivity contribution in [2.45, 2.75) is 197 Å². The van der Waals surface area contributed by atoms with Crippen LogP contribution in [0.25, 0.3) is 0 Å². The van der Waals surface area contributed by atoms with Crippen LogP contribution in [0.15, 0.2) is 40.9 Å². The molecular formula is C35H59N8O4. The maximum absolute atomic E-state index is 12.2. The van der Waals surface area contributed by atoms with Gasteiger partial charge in [0.1, 0.15) is 12.7 Å². The lowest BCUT2D eigenvalue weighted by atomic mass is 9.96. The first-order valence-electron chi connectivity index (χ1n) is 18.7. The van der Waals surface area contributed by atoms with Crippen molar-refractivity contribution in [2.75, 3.05) is 6.61 Å². The molecule has 0 aliphatic carbocycles. The average molecular weight is 656 g/mol. The zero-order valence-electron chi connectivity index (χ0n) is 29.2. The minimum atomic E-state index is -0.709. The molecule has 1 unspecified atom stereocenters.